The van der Waals surface area contributed by atoms with Gasteiger partial charge in [-0.3, -0.25) is 4.79 Å². The maximum absolute atomic E-state index is 12.1. The minimum absolute atomic E-state index is 0.152. The predicted molar refractivity (Wildman–Crippen MR) is 71.8 cm³/mol. The molecule has 3 rings (SSSR count). The van der Waals surface area contributed by atoms with Crippen molar-refractivity contribution in [3.63, 3.8) is 0 Å². The molecule has 6 nitrogen and oxygen atoms in total. The van der Waals surface area contributed by atoms with E-state index < -0.39 is 0 Å². The first kappa shape index (κ1) is 13.1. The van der Waals surface area contributed by atoms with Crippen LogP contribution in [0.2, 0.25) is 0 Å². The lowest BCUT2D eigenvalue weighted by Gasteiger charge is -2.18. The van der Waals surface area contributed by atoms with Gasteiger partial charge < -0.3 is 9.64 Å². The average Bonchev–Trinajstić information content (AvgIpc) is 3.08. The summed E-state index contributed by atoms with van der Waals surface area (Å²) in [5.74, 6) is 0.519. The van der Waals surface area contributed by atoms with Crippen LogP contribution in [0.4, 0.5) is 0 Å². The van der Waals surface area contributed by atoms with E-state index in [2.05, 4.69) is 14.9 Å². The number of aromatic nitrogens is 2. The first-order valence-electron chi connectivity index (χ1n) is 6.75. The molecule has 20 heavy (non-hydrogen) atoms. The van der Waals surface area contributed by atoms with E-state index in [0.717, 1.165) is 24.1 Å². The summed E-state index contributed by atoms with van der Waals surface area (Å²) in [5, 5.41) is 7.57. The maximum Gasteiger partial charge on any atom is 0.222 e. The Kier molecular flexibility index (Phi) is 3.64. The topological polar surface area (TPSA) is 68.5 Å². The molecule has 1 aromatic carbocycles. The van der Waals surface area contributed by atoms with Gasteiger partial charge in [0.1, 0.15) is 11.0 Å². The van der Waals surface area contributed by atoms with Crippen LogP contribution >= 0.6 is 0 Å². The van der Waals surface area contributed by atoms with E-state index >= 15 is 0 Å². The van der Waals surface area contributed by atoms with Crippen molar-refractivity contribution in [2.24, 2.45) is 5.92 Å². The number of ether oxygens (including phenoxy) is 1. The lowest BCUT2D eigenvalue weighted by Crippen LogP contribution is -2.28. The molecule has 0 N–H and O–H groups in total. The zero-order valence-electron chi connectivity index (χ0n) is 11.4. The van der Waals surface area contributed by atoms with Crippen molar-refractivity contribution < 1.29 is 14.2 Å². The minimum atomic E-state index is 0.152. The molecule has 0 unspecified atom stereocenters. The Bertz CT molecular complexity index is 604. The van der Waals surface area contributed by atoms with Gasteiger partial charge >= 0.3 is 0 Å². The number of hydrogen-bond acceptors (Lipinski definition) is 5. The lowest BCUT2D eigenvalue weighted by molar-refractivity contribution is -0.131. The van der Waals surface area contributed by atoms with Gasteiger partial charge in [-0.25, -0.2) is 4.63 Å². The van der Waals surface area contributed by atoms with Crippen molar-refractivity contribution in [1.29, 1.82) is 0 Å². The fraction of sp³-hybridized carbons (Fsp3) is 0.500. The van der Waals surface area contributed by atoms with Gasteiger partial charge in [0.05, 0.1) is 0 Å². The third-order valence-electron chi connectivity index (χ3n) is 3.65. The van der Waals surface area contributed by atoms with E-state index in [0.29, 0.717) is 31.0 Å². The molecule has 6 heteroatoms. The molecule has 0 radical (unpaired) electrons. The van der Waals surface area contributed by atoms with Crippen molar-refractivity contribution in [1.82, 2.24) is 15.2 Å². The Morgan fingerprint density at radius 3 is 3.05 bits per heavy atom. The first-order valence-corrected chi connectivity index (χ1v) is 6.75. The molecule has 0 aliphatic carbocycles. The summed E-state index contributed by atoms with van der Waals surface area (Å²) in [6, 6.07) is 5.69. The van der Waals surface area contributed by atoms with Crippen molar-refractivity contribution in [3.05, 3.63) is 23.8 Å². The fourth-order valence-corrected chi connectivity index (χ4v) is 2.44. The monoisotopic (exact) mass is 275 g/mol. The quantitative estimate of drug-likeness (QED) is 0.848. The van der Waals surface area contributed by atoms with Gasteiger partial charge in [-0.05, 0) is 40.3 Å². The summed E-state index contributed by atoms with van der Waals surface area (Å²) < 4.78 is 9.97. The number of fused-ring (bicyclic) bond motifs is 1. The highest BCUT2D eigenvalue weighted by atomic mass is 16.6. The summed E-state index contributed by atoms with van der Waals surface area (Å²) in [6.07, 6.45) is 1.54. The van der Waals surface area contributed by atoms with Crippen molar-refractivity contribution >= 4 is 16.9 Å². The number of rotatable bonds is 4. The SMILES string of the molecule is CN(Cc1ccc2nonc2c1)C(=O)C[C@@H]1CCOC1. The molecule has 1 saturated heterocycles. The number of benzene rings is 1. The summed E-state index contributed by atoms with van der Waals surface area (Å²) >= 11 is 0. The largest absolute Gasteiger partial charge is 0.381 e. The summed E-state index contributed by atoms with van der Waals surface area (Å²) in [4.78, 5) is 13.9. The van der Waals surface area contributed by atoms with Crippen LogP contribution in [0, 0.1) is 5.92 Å². The van der Waals surface area contributed by atoms with Crippen LogP contribution in [0.5, 0.6) is 0 Å². The van der Waals surface area contributed by atoms with Gasteiger partial charge in [-0.2, -0.15) is 0 Å². The summed E-state index contributed by atoms with van der Waals surface area (Å²) in [6.45, 7) is 2.04. The normalized spacial score (nSPS) is 18.6. The zero-order chi connectivity index (χ0) is 13.9. The highest BCUT2D eigenvalue weighted by Crippen LogP contribution is 2.18. The van der Waals surface area contributed by atoms with Gasteiger partial charge in [-0.15, -0.1) is 0 Å². The molecule has 0 spiro atoms. The Morgan fingerprint density at radius 1 is 1.40 bits per heavy atom. The molecule has 106 valence electrons. The third-order valence-corrected chi connectivity index (χ3v) is 3.65. The molecule has 0 saturated carbocycles. The fourth-order valence-electron chi connectivity index (χ4n) is 2.44. The van der Waals surface area contributed by atoms with Gasteiger partial charge in [0.2, 0.25) is 5.91 Å². The molecule has 1 aliphatic heterocycles. The molecule has 1 atom stereocenters. The van der Waals surface area contributed by atoms with Gasteiger partial charge in [-0.1, -0.05) is 6.07 Å². The van der Waals surface area contributed by atoms with Crippen molar-refractivity contribution in [2.45, 2.75) is 19.4 Å². The van der Waals surface area contributed by atoms with E-state index in [1.54, 1.807) is 4.90 Å². The minimum Gasteiger partial charge on any atom is -0.381 e. The van der Waals surface area contributed by atoms with E-state index in [9.17, 15) is 4.79 Å². The highest BCUT2D eigenvalue weighted by Gasteiger charge is 2.21. The molecule has 2 heterocycles. The second kappa shape index (κ2) is 5.58. The third kappa shape index (κ3) is 2.80. The Balaban J connectivity index is 1.61. The standard InChI is InChI=1S/C14H17N3O3/c1-17(14(18)7-11-4-5-19-9-11)8-10-2-3-12-13(6-10)16-20-15-12/h2-3,6,11H,4-5,7-9H2,1H3/t11-/m0/s1. The van der Waals surface area contributed by atoms with E-state index in [1.165, 1.54) is 0 Å². The molecule has 1 aliphatic rings. The second-order valence-electron chi connectivity index (χ2n) is 5.27. The van der Waals surface area contributed by atoms with E-state index in [4.69, 9.17) is 4.74 Å². The van der Waals surface area contributed by atoms with E-state index in [-0.39, 0.29) is 5.91 Å². The highest BCUT2D eigenvalue weighted by molar-refractivity contribution is 5.77. The van der Waals surface area contributed by atoms with Crippen LogP contribution in [0.3, 0.4) is 0 Å². The molecule has 0 bridgehead atoms. The van der Waals surface area contributed by atoms with Gasteiger partial charge in [0, 0.05) is 33.2 Å². The summed E-state index contributed by atoms with van der Waals surface area (Å²) in [5.41, 5.74) is 2.46. The lowest BCUT2D eigenvalue weighted by atomic mass is 10.0. The molecular weight excluding hydrogens is 258 g/mol. The zero-order valence-corrected chi connectivity index (χ0v) is 11.4. The number of amides is 1. The smallest absolute Gasteiger partial charge is 0.222 e. The Hall–Kier alpha value is -1.95. The van der Waals surface area contributed by atoms with Crippen LogP contribution in [0.1, 0.15) is 18.4 Å². The van der Waals surface area contributed by atoms with Crippen LogP contribution in [0.15, 0.2) is 22.8 Å². The number of carbonyl (C=O) groups is 1. The molecular formula is C14H17N3O3. The van der Waals surface area contributed by atoms with Crippen LogP contribution in [0.25, 0.3) is 11.0 Å². The van der Waals surface area contributed by atoms with Crippen molar-refractivity contribution in [2.75, 3.05) is 20.3 Å². The number of hydrogen-bond donors (Lipinski definition) is 0. The number of nitrogens with zero attached hydrogens (tertiary/aromatic N) is 3. The Morgan fingerprint density at radius 2 is 2.25 bits per heavy atom. The van der Waals surface area contributed by atoms with E-state index in [1.807, 2.05) is 25.2 Å². The summed E-state index contributed by atoms with van der Waals surface area (Å²) in [7, 11) is 1.82. The van der Waals surface area contributed by atoms with Crippen LogP contribution in [-0.4, -0.2) is 41.4 Å². The Labute approximate surface area is 116 Å². The molecule has 2 aromatic rings. The number of carbonyl (C=O) groups excluding carboxylic acids is 1. The molecule has 1 aromatic heterocycles. The first-order chi connectivity index (χ1) is 9.72. The molecule has 1 amide bonds. The second-order valence-corrected chi connectivity index (χ2v) is 5.27. The maximum atomic E-state index is 12.1. The van der Waals surface area contributed by atoms with Crippen LogP contribution < -0.4 is 0 Å². The van der Waals surface area contributed by atoms with Gasteiger partial charge in [0.25, 0.3) is 0 Å². The average molecular weight is 275 g/mol. The van der Waals surface area contributed by atoms with Gasteiger partial charge in [0.15, 0.2) is 0 Å². The van der Waals surface area contributed by atoms with Crippen LogP contribution in [-0.2, 0) is 16.1 Å². The molecule has 1 fully saturated rings. The predicted octanol–water partition coefficient (Wildman–Crippen LogP) is 1.61. The van der Waals surface area contributed by atoms with Crippen molar-refractivity contribution in [3.8, 4) is 0 Å².